The highest BCUT2D eigenvalue weighted by atomic mass is 16.6. The Morgan fingerprint density at radius 3 is 2.85 bits per heavy atom. The van der Waals surface area contributed by atoms with E-state index in [-0.39, 0.29) is 11.7 Å². The molecule has 2 heterocycles. The standard InChI is InChI=1S/C18H17N3O6/c1-10(26-15-5-4-8-19-17(15)21(24)25)16(22)12-6-7-14-13(9-12)20(3)18(23)11(2)27-14/h4-11H,1-3H3. The molecule has 2 atom stereocenters. The number of Topliss-reactive ketones (excluding diaryl/α,β-unsaturated/α-hetero) is 1. The van der Waals surface area contributed by atoms with Gasteiger partial charge in [-0.05, 0) is 54.1 Å². The summed E-state index contributed by atoms with van der Waals surface area (Å²) in [7, 11) is 1.60. The highest BCUT2D eigenvalue weighted by Gasteiger charge is 2.30. The maximum absolute atomic E-state index is 12.7. The van der Waals surface area contributed by atoms with Crippen molar-refractivity contribution in [2.45, 2.75) is 26.1 Å². The Hall–Kier alpha value is -3.49. The fourth-order valence-electron chi connectivity index (χ4n) is 2.75. The molecule has 2 aromatic rings. The molecule has 0 spiro atoms. The van der Waals surface area contributed by atoms with Gasteiger partial charge in [0.2, 0.25) is 11.5 Å². The molecule has 0 N–H and O–H groups in total. The number of hydrogen-bond acceptors (Lipinski definition) is 7. The van der Waals surface area contributed by atoms with Gasteiger partial charge in [0.25, 0.3) is 5.91 Å². The number of anilines is 1. The predicted molar refractivity (Wildman–Crippen MR) is 95.3 cm³/mol. The summed E-state index contributed by atoms with van der Waals surface area (Å²) in [5, 5.41) is 11.0. The average Bonchev–Trinajstić information content (AvgIpc) is 2.65. The summed E-state index contributed by atoms with van der Waals surface area (Å²) >= 11 is 0. The second-order valence-corrected chi connectivity index (χ2v) is 6.05. The number of benzene rings is 1. The van der Waals surface area contributed by atoms with E-state index in [1.807, 2.05) is 0 Å². The second-order valence-electron chi connectivity index (χ2n) is 6.05. The number of ketones is 1. The van der Waals surface area contributed by atoms with E-state index < -0.39 is 28.7 Å². The number of hydrogen-bond donors (Lipinski definition) is 0. The van der Waals surface area contributed by atoms with E-state index in [1.54, 1.807) is 32.2 Å². The van der Waals surface area contributed by atoms with Crippen LogP contribution >= 0.6 is 0 Å². The van der Waals surface area contributed by atoms with Gasteiger partial charge in [-0.2, -0.15) is 0 Å². The maximum atomic E-state index is 12.7. The van der Waals surface area contributed by atoms with Gasteiger partial charge in [0.15, 0.2) is 12.2 Å². The topological polar surface area (TPSA) is 112 Å². The van der Waals surface area contributed by atoms with Crippen molar-refractivity contribution in [1.82, 2.24) is 4.98 Å². The van der Waals surface area contributed by atoms with Crippen LogP contribution in [0, 0.1) is 10.1 Å². The molecule has 0 aliphatic carbocycles. The van der Waals surface area contributed by atoms with Crippen LogP contribution in [0.4, 0.5) is 11.5 Å². The van der Waals surface area contributed by atoms with Gasteiger partial charge in [-0.25, -0.2) is 0 Å². The summed E-state index contributed by atoms with van der Waals surface area (Å²) in [6.45, 7) is 3.14. The van der Waals surface area contributed by atoms with E-state index in [1.165, 1.54) is 30.2 Å². The molecule has 9 heteroatoms. The maximum Gasteiger partial charge on any atom is 0.406 e. The average molecular weight is 371 g/mol. The molecule has 1 aromatic heterocycles. The monoisotopic (exact) mass is 371 g/mol. The molecular formula is C18H17N3O6. The summed E-state index contributed by atoms with van der Waals surface area (Å²) < 4.78 is 11.0. The summed E-state index contributed by atoms with van der Waals surface area (Å²) in [6.07, 6.45) is -0.317. The van der Waals surface area contributed by atoms with Crippen molar-refractivity contribution in [2.75, 3.05) is 11.9 Å². The Labute approximate surface area is 154 Å². The third-order valence-electron chi connectivity index (χ3n) is 4.18. The fraction of sp³-hybridized carbons (Fsp3) is 0.278. The van der Waals surface area contributed by atoms with Crippen LogP contribution < -0.4 is 14.4 Å². The molecule has 1 aromatic carbocycles. The van der Waals surface area contributed by atoms with Gasteiger partial charge in [0.05, 0.1) is 5.69 Å². The molecule has 2 unspecified atom stereocenters. The normalized spacial score (nSPS) is 16.9. The minimum absolute atomic E-state index is 0.0919. The van der Waals surface area contributed by atoms with Crippen LogP contribution in [-0.2, 0) is 4.79 Å². The van der Waals surface area contributed by atoms with Gasteiger partial charge < -0.3 is 24.5 Å². The van der Waals surface area contributed by atoms with Crippen molar-refractivity contribution in [2.24, 2.45) is 0 Å². The molecule has 9 nitrogen and oxygen atoms in total. The molecule has 1 aliphatic rings. The lowest BCUT2D eigenvalue weighted by Crippen LogP contribution is -2.42. The molecule has 140 valence electrons. The number of fused-ring (bicyclic) bond motifs is 1. The molecule has 27 heavy (non-hydrogen) atoms. The Morgan fingerprint density at radius 1 is 1.41 bits per heavy atom. The Kier molecular flexibility index (Phi) is 4.76. The van der Waals surface area contributed by atoms with E-state index in [0.717, 1.165) is 0 Å². The van der Waals surface area contributed by atoms with Crippen molar-refractivity contribution in [3.63, 3.8) is 0 Å². The van der Waals surface area contributed by atoms with E-state index in [2.05, 4.69) is 4.98 Å². The predicted octanol–water partition coefficient (Wildman–Crippen LogP) is 2.38. The zero-order valence-corrected chi connectivity index (χ0v) is 14.9. The number of rotatable bonds is 5. The number of nitrogens with zero attached hydrogens (tertiary/aromatic N) is 3. The Morgan fingerprint density at radius 2 is 2.15 bits per heavy atom. The van der Waals surface area contributed by atoms with Gasteiger partial charge >= 0.3 is 5.82 Å². The molecule has 0 saturated carbocycles. The van der Waals surface area contributed by atoms with Gasteiger partial charge in [-0.1, -0.05) is 0 Å². The van der Waals surface area contributed by atoms with Gasteiger partial charge in [-0.15, -0.1) is 0 Å². The first-order chi connectivity index (χ1) is 12.8. The molecule has 0 saturated heterocycles. The SMILES string of the molecule is CC(Oc1cccnc1[N+](=O)[O-])C(=O)c1ccc2c(c1)N(C)C(=O)C(C)O2. The molecule has 0 fully saturated rings. The van der Waals surface area contributed by atoms with Gasteiger partial charge in [0.1, 0.15) is 11.9 Å². The number of likely N-dealkylation sites (N-methyl/N-ethyl adjacent to an activating group) is 1. The highest BCUT2D eigenvalue weighted by Crippen LogP contribution is 2.34. The minimum atomic E-state index is -0.990. The highest BCUT2D eigenvalue weighted by molar-refractivity contribution is 6.04. The van der Waals surface area contributed by atoms with Gasteiger partial charge in [-0.3, -0.25) is 9.59 Å². The van der Waals surface area contributed by atoms with E-state index in [9.17, 15) is 19.7 Å². The van der Waals surface area contributed by atoms with Crippen LogP contribution in [0.3, 0.4) is 0 Å². The van der Waals surface area contributed by atoms with Crippen LogP contribution in [0.25, 0.3) is 0 Å². The largest absolute Gasteiger partial charge is 0.479 e. The Bertz CT molecular complexity index is 929. The lowest BCUT2D eigenvalue weighted by molar-refractivity contribution is -0.390. The van der Waals surface area contributed by atoms with E-state index >= 15 is 0 Å². The summed E-state index contributed by atoms with van der Waals surface area (Å²) in [5.74, 6) is -0.670. The van der Waals surface area contributed by atoms with Crippen LogP contribution in [0.5, 0.6) is 11.5 Å². The number of pyridine rings is 1. The number of carbonyl (C=O) groups excluding carboxylic acids is 2. The third kappa shape index (κ3) is 3.43. The van der Waals surface area contributed by atoms with Gasteiger partial charge in [0, 0.05) is 12.6 Å². The summed E-state index contributed by atoms with van der Waals surface area (Å²) in [6, 6.07) is 7.58. The number of ether oxygens (including phenoxy) is 2. The zero-order chi connectivity index (χ0) is 19.7. The first kappa shape index (κ1) is 18.3. The summed E-state index contributed by atoms with van der Waals surface area (Å²) in [4.78, 5) is 40.2. The van der Waals surface area contributed by atoms with Crippen molar-refractivity contribution >= 4 is 23.2 Å². The van der Waals surface area contributed by atoms with Crippen LogP contribution in [0.2, 0.25) is 0 Å². The summed E-state index contributed by atoms with van der Waals surface area (Å²) in [5.41, 5.74) is 0.772. The third-order valence-corrected chi connectivity index (χ3v) is 4.18. The van der Waals surface area contributed by atoms with Crippen molar-refractivity contribution in [3.05, 3.63) is 52.2 Å². The zero-order valence-electron chi connectivity index (χ0n) is 14.9. The lowest BCUT2D eigenvalue weighted by atomic mass is 10.0. The molecular weight excluding hydrogens is 354 g/mol. The van der Waals surface area contributed by atoms with Crippen molar-refractivity contribution in [3.8, 4) is 11.5 Å². The van der Waals surface area contributed by atoms with Crippen LogP contribution in [0.1, 0.15) is 24.2 Å². The lowest BCUT2D eigenvalue weighted by Gasteiger charge is -2.30. The number of carbonyl (C=O) groups is 2. The van der Waals surface area contributed by atoms with Crippen LogP contribution in [-0.4, -0.2) is 40.9 Å². The van der Waals surface area contributed by atoms with Crippen LogP contribution in [0.15, 0.2) is 36.5 Å². The molecule has 3 rings (SSSR count). The first-order valence-corrected chi connectivity index (χ1v) is 8.18. The van der Waals surface area contributed by atoms with E-state index in [0.29, 0.717) is 17.0 Å². The molecule has 0 bridgehead atoms. The first-order valence-electron chi connectivity index (χ1n) is 8.18. The molecule has 0 radical (unpaired) electrons. The smallest absolute Gasteiger partial charge is 0.406 e. The quantitative estimate of drug-likeness (QED) is 0.450. The second kappa shape index (κ2) is 7.02. The number of nitro groups is 1. The Balaban J connectivity index is 1.85. The van der Waals surface area contributed by atoms with Crippen molar-refractivity contribution in [1.29, 1.82) is 0 Å². The molecule has 1 aliphatic heterocycles. The molecule has 1 amide bonds. The van der Waals surface area contributed by atoms with Crippen molar-refractivity contribution < 1.29 is 24.0 Å². The number of aromatic nitrogens is 1. The fourth-order valence-corrected chi connectivity index (χ4v) is 2.75. The van der Waals surface area contributed by atoms with E-state index in [4.69, 9.17) is 9.47 Å². The minimum Gasteiger partial charge on any atom is -0.479 e. The number of amides is 1.